The summed E-state index contributed by atoms with van der Waals surface area (Å²) in [5.41, 5.74) is 0. The largest absolute Gasteiger partial charge is 0.462 e. The van der Waals surface area contributed by atoms with Crippen molar-refractivity contribution in [2.75, 3.05) is 45.9 Å². The summed E-state index contributed by atoms with van der Waals surface area (Å²) >= 11 is 0. The molecule has 0 saturated carbocycles. The third kappa shape index (κ3) is 19.3. The maximum Gasteiger partial charge on any atom is 0.306 e. The highest BCUT2D eigenvalue weighted by molar-refractivity contribution is 5.71. The Balaban J connectivity index is 1.59. The van der Waals surface area contributed by atoms with Gasteiger partial charge in [-0.15, -0.1) is 0 Å². The molecule has 2 rings (SSSR count). The zero-order valence-electron chi connectivity index (χ0n) is 28.0. The zero-order valence-corrected chi connectivity index (χ0v) is 28.0. The highest BCUT2D eigenvalue weighted by Crippen LogP contribution is 2.14. The molecular weight excluding hydrogens is 556 g/mol. The molecule has 0 aromatic carbocycles. The Hall–Kier alpha value is -2.19. The summed E-state index contributed by atoms with van der Waals surface area (Å²) in [4.78, 5) is 42.0. The number of rotatable bonds is 27. The van der Waals surface area contributed by atoms with E-state index < -0.39 is 12.2 Å². The number of unbranched alkanes of at least 4 members (excludes halogenated alkanes) is 8. The molecule has 2 fully saturated rings. The van der Waals surface area contributed by atoms with Crippen LogP contribution in [0.25, 0.3) is 0 Å². The minimum atomic E-state index is -0.806. The number of likely N-dealkylation sites (tertiary alicyclic amines) is 2. The maximum atomic E-state index is 12.6. The number of carbonyl (C=O) groups excluding carboxylic acids is 3. The number of nitrogens with zero attached hydrogens (tertiary/aromatic N) is 2. The summed E-state index contributed by atoms with van der Waals surface area (Å²) in [7, 11) is 0. The normalized spacial score (nSPS) is 16.9. The third-order valence-corrected chi connectivity index (χ3v) is 8.47. The van der Waals surface area contributed by atoms with Gasteiger partial charge in [0.1, 0.15) is 12.7 Å². The van der Waals surface area contributed by atoms with E-state index in [0.717, 1.165) is 90.6 Å². The molecule has 2 aliphatic heterocycles. The number of allylic oxidation sites excluding steroid dienone is 4. The number of carbonyl (C=O) groups is 3. The standard InChI is InChI=1S/C36H62N2O6/c1-3-4-5-6-7-8-9-10-11-12-13-14-15-16-17-22-34(39)42-31-33(44-36(41)24-19-26-38-29-21-30-38)32(2)43-35(40)23-18-25-37-27-20-28-37/h7-8,10-11,32-33H,3-6,9,12-31H2,1-2H3/b8-7-,11-10-. The van der Waals surface area contributed by atoms with Gasteiger partial charge in [-0.05, 0) is 110 Å². The van der Waals surface area contributed by atoms with E-state index in [1.165, 1.54) is 44.9 Å². The van der Waals surface area contributed by atoms with Crippen molar-refractivity contribution in [1.82, 2.24) is 9.80 Å². The fourth-order valence-corrected chi connectivity index (χ4v) is 5.27. The van der Waals surface area contributed by atoms with Crippen molar-refractivity contribution in [2.45, 2.75) is 142 Å². The first kappa shape index (κ1) is 38.0. The molecule has 8 nitrogen and oxygen atoms in total. The average Bonchev–Trinajstić information content (AvgIpc) is 2.95. The second-order valence-corrected chi connectivity index (χ2v) is 12.5. The van der Waals surface area contributed by atoms with Crippen LogP contribution in [0.2, 0.25) is 0 Å². The molecule has 0 aromatic heterocycles. The van der Waals surface area contributed by atoms with E-state index in [2.05, 4.69) is 41.0 Å². The highest BCUT2D eigenvalue weighted by atomic mass is 16.6. The van der Waals surface area contributed by atoms with Crippen molar-refractivity contribution in [3.63, 3.8) is 0 Å². The molecule has 2 atom stereocenters. The Kier molecular flexibility index (Phi) is 21.6. The summed E-state index contributed by atoms with van der Waals surface area (Å²) in [6.07, 6.45) is 24.8. The van der Waals surface area contributed by atoms with Crippen molar-refractivity contribution < 1.29 is 28.6 Å². The molecule has 2 unspecified atom stereocenters. The van der Waals surface area contributed by atoms with Crippen LogP contribution >= 0.6 is 0 Å². The fourth-order valence-electron chi connectivity index (χ4n) is 5.27. The minimum absolute atomic E-state index is 0.0980. The molecule has 44 heavy (non-hydrogen) atoms. The molecule has 0 radical (unpaired) electrons. The molecular formula is C36H62N2O6. The van der Waals surface area contributed by atoms with Gasteiger partial charge in [-0.2, -0.15) is 0 Å². The first-order chi connectivity index (χ1) is 21.5. The Morgan fingerprint density at radius 2 is 1.16 bits per heavy atom. The molecule has 0 aliphatic carbocycles. The third-order valence-electron chi connectivity index (χ3n) is 8.47. The van der Waals surface area contributed by atoms with E-state index in [-0.39, 0.29) is 24.5 Å². The number of hydrogen-bond donors (Lipinski definition) is 0. The molecule has 2 aliphatic rings. The van der Waals surface area contributed by atoms with Crippen molar-refractivity contribution in [1.29, 1.82) is 0 Å². The lowest BCUT2D eigenvalue weighted by Gasteiger charge is -2.30. The minimum Gasteiger partial charge on any atom is -0.462 e. The van der Waals surface area contributed by atoms with Gasteiger partial charge in [-0.1, -0.05) is 63.3 Å². The lowest BCUT2D eigenvalue weighted by Crippen LogP contribution is -2.39. The van der Waals surface area contributed by atoms with Gasteiger partial charge in [-0.25, -0.2) is 0 Å². The number of hydrogen-bond acceptors (Lipinski definition) is 8. The van der Waals surface area contributed by atoms with Crippen LogP contribution in [0.3, 0.4) is 0 Å². The molecule has 2 saturated heterocycles. The highest BCUT2D eigenvalue weighted by Gasteiger charge is 2.27. The predicted octanol–water partition coefficient (Wildman–Crippen LogP) is 7.16. The topological polar surface area (TPSA) is 85.4 Å². The van der Waals surface area contributed by atoms with Crippen LogP contribution < -0.4 is 0 Å². The Morgan fingerprint density at radius 3 is 1.73 bits per heavy atom. The van der Waals surface area contributed by atoms with Crippen LogP contribution in [0.15, 0.2) is 24.3 Å². The van der Waals surface area contributed by atoms with Crippen molar-refractivity contribution >= 4 is 17.9 Å². The molecule has 8 heteroatoms. The van der Waals surface area contributed by atoms with Crippen molar-refractivity contribution in [2.24, 2.45) is 0 Å². The SMILES string of the molecule is CCCCC/C=C\C/C=C\CCCCCCCC(=O)OCC(OC(=O)CCCN1CCC1)C(C)OC(=O)CCCN1CCC1. The van der Waals surface area contributed by atoms with E-state index in [0.29, 0.717) is 19.3 Å². The first-order valence-corrected chi connectivity index (χ1v) is 17.8. The van der Waals surface area contributed by atoms with Crippen LogP contribution in [0.4, 0.5) is 0 Å². The summed E-state index contributed by atoms with van der Waals surface area (Å²) in [6, 6.07) is 0. The van der Waals surface area contributed by atoms with Crippen molar-refractivity contribution in [3.05, 3.63) is 24.3 Å². The summed E-state index contributed by atoms with van der Waals surface area (Å²) in [5.74, 6) is -0.961. The van der Waals surface area contributed by atoms with E-state index in [1.807, 2.05) is 0 Å². The van der Waals surface area contributed by atoms with Gasteiger partial charge >= 0.3 is 17.9 Å². The molecule has 252 valence electrons. The fraction of sp³-hybridized carbons (Fsp3) is 0.806. The Labute approximate surface area is 267 Å². The van der Waals surface area contributed by atoms with Crippen molar-refractivity contribution in [3.8, 4) is 0 Å². The lowest BCUT2D eigenvalue weighted by molar-refractivity contribution is -0.174. The molecule has 0 bridgehead atoms. The predicted molar refractivity (Wildman–Crippen MR) is 176 cm³/mol. The van der Waals surface area contributed by atoms with Gasteiger partial charge < -0.3 is 24.0 Å². The monoisotopic (exact) mass is 618 g/mol. The number of esters is 3. The van der Waals surface area contributed by atoms with Gasteiger partial charge in [0.05, 0.1) is 0 Å². The molecule has 2 heterocycles. The van der Waals surface area contributed by atoms with Crippen LogP contribution in [0.1, 0.15) is 129 Å². The van der Waals surface area contributed by atoms with Crippen LogP contribution in [0, 0.1) is 0 Å². The van der Waals surface area contributed by atoms with Crippen LogP contribution in [0.5, 0.6) is 0 Å². The molecule has 0 amide bonds. The summed E-state index contributed by atoms with van der Waals surface area (Å²) in [5, 5.41) is 0. The smallest absolute Gasteiger partial charge is 0.306 e. The van der Waals surface area contributed by atoms with E-state index in [9.17, 15) is 14.4 Å². The molecule has 0 spiro atoms. The van der Waals surface area contributed by atoms with Gasteiger partial charge in [0.2, 0.25) is 0 Å². The number of ether oxygens (including phenoxy) is 3. The Morgan fingerprint density at radius 1 is 0.636 bits per heavy atom. The molecule has 0 aromatic rings. The maximum absolute atomic E-state index is 12.6. The van der Waals surface area contributed by atoms with E-state index in [4.69, 9.17) is 14.2 Å². The average molecular weight is 619 g/mol. The second-order valence-electron chi connectivity index (χ2n) is 12.5. The van der Waals surface area contributed by atoms with Gasteiger partial charge in [0, 0.05) is 19.3 Å². The second kappa shape index (κ2) is 25.1. The van der Waals surface area contributed by atoms with Gasteiger partial charge in [0.25, 0.3) is 0 Å². The van der Waals surface area contributed by atoms with E-state index in [1.54, 1.807) is 6.92 Å². The Bertz CT molecular complexity index is 836. The summed E-state index contributed by atoms with van der Waals surface area (Å²) < 4.78 is 16.8. The zero-order chi connectivity index (χ0) is 31.7. The van der Waals surface area contributed by atoms with Crippen LogP contribution in [-0.4, -0.2) is 85.8 Å². The van der Waals surface area contributed by atoms with Gasteiger partial charge in [0.15, 0.2) is 6.10 Å². The van der Waals surface area contributed by atoms with Crippen LogP contribution in [-0.2, 0) is 28.6 Å². The first-order valence-electron chi connectivity index (χ1n) is 17.8. The summed E-state index contributed by atoms with van der Waals surface area (Å²) in [6.45, 7) is 9.99. The quantitative estimate of drug-likeness (QED) is 0.0415. The van der Waals surface area contributed by atoms with Gasteiger partial charge in [-0.3, -0.25) is 14.4 Å². The molecule has 0 N–H and O–H groups in total. The lowest BCUT2D eigenvalue weighted by atomic mass is 10.1. The van der Waals surface area contributed by atoms with E-state index >= 15 is 0 Å².